The van der Waals surface area contributed by atoms with Gasteiger partial charge in [-0.05, 0) is 16.1 Å². The maximum absolute atomic E-state index is 10.8. The molecule has 0 amide bonds. The summed E-state index contributed by atoms with van der Waals surface area (Å²) in [6.45, 7) is 3.54. The Balaban J connectivity index is 0.000000873. The first kappa shape index (κ1) is 17.9. The molecule has 0 heterocycles. The van der Waals surface area contributed by atoms with Crippen LogP contribution in [0.5, 0.6) is 0 Å². The Morgan fingerprint density at radius 1 is 1.33 bits per heavy atom. The molecule has 18 heavy (non-hydrogen) atoms. The minimum atomic E-state index is -0.241. The van der Waals surface area contributed by atoms with Crippen molar-refractivity contribution < 1.29 is 9.53 Å². The van der Waals surface area contributed by atoms with Gasteiger partial charge in [0.15, 0.2) is 0 Å². The highest BCUT2D eigenvalue weighted by Gasteiger charge is 2.04. The number of ether oxygens (including phenoxy) is 1. The van der Waals surface area contributed by atoms with Crippen LogP contribution in [0.15, 0.2) is 36.4 Å². The Hall–Kier alpha value is -0.110. The molecule has 0 aliphatic heterocycles. The number of rotatable bonds is 4. The molecule has 0 radical (unpaired) electrons. The fourth-order valence-corrected chi connectivity index (χ4v) is 1.59. The lowest BCUT2D eigenvalue weighted by Crippen LogP contribution is -2.14. The standard InChI is InChI=1S/C12H13IO2.C2H5I/c1-10(14)15-12(9-13)8-7-11-5-3-2-4-6-11;1-2-3/h2-8,12H,9H2,1H3;2H2,1H3/b8-7+;. The van der Waals surface area contributed by atoms with E-state index >= 15 is 0 Å². The van der Waals surface area contributed by atoms with E-state index < -0.39 is 0 Å². The first-order valence-corrected chi connectivity index (χ1v) is 8.71. The zero-order valence-corrected chi connectivity index (χ0v) is 14.9. The second-order valence-corrected chi connectivity index (χ2v) is 5.75. The van der Waals surface area contributed by atoms with Gasteiger partial charge >= 0.3 is 5.97 Å². The van der Waals surface area contributed by atoms with Crippen molar-refractivity contribution >= 4 is 57.2 Å². The average Bonchev–Trinajstić information content (AvgIpc) is 2.36. The van der Waals surface area contributed by atoms with E-state index in [1.54, 1.807) is 0 Å². The molecule has 0 saturated heterocycles. The quantitative estimate of drug-likeness (QED) is 0.367. The van der Waals surface area contributed by atoms with E-state index in [4.69, 9.17) is 4.74 Å². The number of esters is 1. The van der Waals surface area contributed by atoms with Crippen LogP contribution in [0.4, 0.5) is 0 Å². The predicted octanol–water partition coefficient (Wildman–Crippen LogP) is 4.51. The van der Waals surface area contributed by atoms with Crippen molar-refractivity contribution in [2.45, 2.75) is 20.0 Å². The Morgan fingerprint density at radius 2 is 1.89 bits per heavy atom. The summed E-state index contributed by atoms with van der Waals surface area (Å²) >= 11 is 4.49. The van der Waals surface area contributed by atoms with Crippen molar-refractivity contribution in [1.29, 1.82) is 0 Å². The lowest BCUT2D eigenvalue weighted by atomic mass is 10.2. The molecule has 0 aliphatic rings. The Labute approximate surface area is 136 Å². The van der Waals surface area contributed by atoms with E-state index in [1.807, 2.05) is 42.5 Å². The lowest BCUT2D eigenvalue weighted by molar-refractivity contribution is -0.143. The molecule has 1 aromatic carbocycles. The van der Waals surface area contributed by atoms with Crippen molar-refractivity contribution in [2.24, 2.45) is 0 Å². The molecule has 0 saturated carbocycles. The van der Waals surface area contributed by atoms with Crippen molar-refractivity contribution in [3.05, 3.63) is 42.0 Å². The van der Waals surface area contributed by atoms with Crippen LogP contribution in [-0.4, -0.2) is 20.9 Å². The molecule has 1 atom stereocenters. The highest BCUT2D eigenvalue weighted by Crippen LogP contribution is 2.06. The predicted molar refractivity (Wildman–Crippen MR) is 94.5 cm³/mol. The lowest BCUT2D eigenvalue weighted by Gasteiger charge is -2.08. The van der Waals surface area contributed by atoms with E-state index in [-0.39, 0.29) is 12.1 Å². The normalized spacial score (nSPS) is 11.6. The highest BCUT2D eigenvalue weighted by atomic mass is 127. The number of alkyl halides is 2. The fraction of sp³-hybridized carbons (Fsp3) is 0.357. The largest absolute Gasteiger partial charge is 0.457 e. The van der Waals surface area contributed by atoms with Crippen LogP contribution < -0.4 is 0 Å². The summed E-state index contributed by atoms with van der Waals surface area (Å²) in [5.41, 5.74) is 1.11. The van der Waals surface area contributed by atoms with E-state index in [2.05, 4.69) is 52.1 Å². The van der Waals surface area contributed by atoms with E-state index in [0.717, 1.165) is 9.99 Å². The van der Waals surface area contributed by atoms with Crippen molar-refractivity contribution in [2.75, 3.05) is 8.86 Å². The third-order valence-corrected chi connectivity index (χ3v) is 2.64. The molecule has 0 fully saturated rings. The number of hydrogen-bond acceptors (Lipinski definition) is 2. The summed E-state index contributed by atoms with van der Waals surface area (Å²) < 4.78 is 7.07. The van der Waals surface area contributed by atoms with Gasteiger partial charge in [0.2, 0.25) is 0 Å². The third kappa shape index (κ3) is 9.87. The molecule has 0 aromatic heterocycles. The Kier molecular flexibility index (Phi) is 11.9. The third-order valence-electron chi connectivity index (χ3n) is 1.77. The molecule has 2 nitrogen and oxygen atoms in total. The summed E-state index contributed by atoms with van der Waals surface area (Å²) in [5.74, 6) is -0.241. The van der Waals surface area contributed by atoms with Crippen LogP contribution in [0.1, 0.15) is 19.4 Å². The monoisotopic (exact) mass is 472 g/mol. The fourth-order valence-electron chi connectivity index (χ4n) is 1.12. The van der Waals surface area contributed by atoms with Crippen LogP contribution in [0.2, 0.25) is 0 Å². The molecule has 1 aromatic rings. The number of carbonyl (C=O) groups excluding carboxylic acids is 1. The maximum atomic E-state index is 10.8. The summed E-state index contributed by atoms with van der Waals surface area (Å²) in [6.07, 6.45) is 3.73. The van der Waals surface area contributed by atoms with Gasteiger partial charge in [-0.15, -0.1) is 0 Å². The SMILES string of the molecule is CC(=O)OC(/C=C/c1ccccc1)CI.CCI. The molecule has 4 heteroatoms. The summed E-state index contributed by atoms with van der Waals surface area (Å²) in [4.78, 5) is 10.8. The second-order valence-electron chi connectivity index (χ2n) is 3.34. The molecule has 1 unspecified atom stereocenters. The smallest absolute Gasteiger partial charge is 0.303 e. The van der Waals surface area contributed by atoms with Crippen LogP contribution in [-0.2, 0) is 9.53 Å². The van der Waals surface area contributed by atoms with Gasteiger partial charge in [-0.25, -0.2) is 0 Å². The highest BCUT2D eigenvalue weighted by molar-refractivity contribution is 14.1. The van der Waals surface area contributed by atoms with Gasteiger partial charge in [0.25, 0.3) is 0 Å². The van der Waals surface area contributed by atoms with E-state index in [9.17, 15) is 4.79 Å². The van der Waals surface area contributed by atoms with Crippen LogP contribution >= 0.6 is 45.2 Å². The van der Waals surface area contributed by atoms with E-state index in [0.29, 0.717) is 0 Å². The molecule has 0 bridgehead atoms. The first-order chi connectivity index (χ1) is 8.63. The molecular formula is C14H18I2O2. The minimum Gasteiger partial charge on any atom is -0.457 e. The van der Waals surface area contributed by atoms with Crippen molar-refractivity contribution in [1.82, 2.24) is 0 Å². The summed E-state index contributed by atoms with van der Waals surface area (Å²) in [7, 11) is 0. The number of hydrogen-bond donors (Lipinski definition) is 0. The molecule has 0 spiro atoms. The van der Waals surface area contributed by atoms with E-state index in [1.165, 1.54) is 11.4 Å². The zero-order valence-electron chi connectivity index (χ0n) is 10.6. The van der Waals surface area contributed by atoms with Crippen molar-refractivity contribution in [3.8, 4) is 0 Å². The van der Waals surface area contributed by atoms with Gasteiger partial charge in [0.1, 0.15) is 6.10 Å². The number of halogens is 2. The van der Waals surface area contributed by atoms with Gasteiger partial charge in [-0.3, -0.25) is 4.79 Å². The van der Waals surface area contributed by atoms with Crippen LogP contribution in [0, 0.1) is 0 Å². The van der Waals surface area contributed by atoms with Crippen LogP contribution in [0.3, 0.4) is 0 Å². The zero-order chi connectivity index (χ0) is 13.8. The van der Waals surface area contributed by atoms with Gasteiger partial charge < -0.3 is 4.74 Å². The summed E-state index contributed by atoms with van der Waals surface area (Å²) in [6, 6.07) is 9.94. The molecule has 100 valence electrons. The minimum absolute atomic E-state index is 0.136. The van der Waals surface area contributed by atoms with Crippen molar-refractivity contribution in [3.63, 3.8) is 0 Å². The van der Waals surface area contributed by atoms with Gasteiger partial charge in [-0.1, -0.05) is 88.5 Å². The van der Waals surface area contributed by atoms with Gasteiger partial charge in [-0.2, -0.15) is 0 Å². The second kappa shape index (κ2) is 12.0. The van der Waals surface area contributed by atoms with Gasteiger partial charge in [0, 0.05) is 11.4 Å². The first-order valence-electron chi connectivity index (χ1n) is 5.66. The molecular weight excluding hydrogens is 454 g/mol. The number of carbonyl (C=O) groups is 1. The topological polar surface area (TPSA) is 26.3 Å². The van der Waals surface area contributed by atoms with Gasteiger partial charge in [0.05, 0.1) is 0 Å². The Bertz CT molecular complexity index is 350. The van der Waals surface area contributed by atoms with Crippen LogP contribution in [0.25, 0.3) is 6.08 Å². The summed E-state index contributed by atoms with van der Waals surface area (Å²) in [5, 5.41) is 0. The maximum Gasteiger partial charge on any atom is 0.303 e. The number of benzene rings is 1. The molecule has 0 N–H and O–H groups in total. The molecule has 0 aliphatic carbocycles. The molecule has 1 rings (SSSR count). The Morgan fingerprint density at radius 3 is 2.33 bits per heavy atom. The average molecular weight is 472 g/mol.